The molecule has 0 aromatic heterocycles. The van der Waals surface area contributed by atoms with E-state index in [0.717, 1.165) is 5.75 Å². The average molecular weight is 204 g/mol. The topological polar surface area (TPSA) is 74.6 Å². The first-order chi connectivity index (χ1) is 6.11. The number of hydrogen-bond acceptors (Lipinski definition) is 3. The molecule has 4 nitrogen and oxygen atoms in total. The minimum Gasteiger partial charge on any atom is -0.481 e. The van der Waals surface area contributed by atoms with E-state index in [1.807, 2.05) is 0 Å². The molecule has 1 aliphatic rings. The van der Waals surface area contributed by atoms with Crippen molar-refractivity contribution in [2.45, 2.75) is 12.8 Å². The normalized spacial score (nSPS) is 28.3. The standard InChI is InChI=1S/C8H12O4S/c9-7(10)3-5-4-13-2-1-6(5)8(11)12/h5-6H,1-4H2,(H,9,10)(H,11,12)/t5-,6-/m1/s1. The first-order valence-corrected chi connectivity index (χ1v) is 5.29. The molecule has 13 heavy (non-hydrogen) atoms. The largest absolute Gasteiger partial charge is 0.481 e. The van der Waals surface area contributed by atoms with Gasteiger partial charge in [-0.3, -0.25) is 9.59 Å². The minimum absolute atomic E-state index is 0.0238. The van der Waals surface area contributed by atoms with Gasteiger partial charge in [-0.1, -0.05) is 0 Å². The maximum absolute atomic E-state index is 10.7. The van der Waals surface area contributed by atoms with Crippen LogP contribution in [0.15, 0.2) is 0 Å². The molecular weight excluding hydrogens is 192 g/mol. The van der Waals surface area contributed by atoms with Gasteiger partial charge >= 0.3 is 11.9 Å². The summed E-state index contributed by atoms with van der Waals surface area (Å²) in [7, 11) is 0. The van der Waals surface area contributed by atoms with Gasteiger partial charge < -0.3 is 10.2 Å². The van der Waals surface area contributed by atoms with Gasteiger partial charge in [-0.05, 0) is 23.8 Å². The molecule has 1 aliphatic heterocycles. The van der Waals surface area contributed by atoms with Crippen LogP contribution < -0.4 is 0 Å². The van der Waals surface area contributed by atoms with Crippen LogP contribution in [0.2, 0.25) is 0 Å². The molecule has 0 radical (unpaired) electrons. The quantitative estimate of drug-likeness (QED) is 0.714. The Morgan fingerprint density at radius 2 is 2.08 bits per heavy atom. The third-order valence-corrected chi connectivity index (χ3v) is 3.42. The van der Waals surface area contributed by atoms with Gasteiger partial charge in [0.2, 0.25) is 0 Å². The van der Waals surface area contributed by atoms with Crippen LogP contribution in [0.3, 0.4) is 0 Å². The van der Waals surface area contributed by atoms with Crippen molar-refractivity contribution in [3.8, 4) is 0 Å². The molecule has 5 heteroatoms. The van der Waals surface area contributed by atoms with Gasteiger partial charge in [-0.25, -0.2) is 0 Å². The van der Waals surface area contributed by atoms with Crippen LogP contribution in [0.5, 0.6) is 0 Å². The average Bonchev–Trinajstić information content (AvgIpc) is 2.03. The molecule has 0 aromatic carbocycles. The molecule has 0 amide bonds. The second-order valence-electron chi connectivity index (χ2n) is 3.17. The summed E-state index contributed by atoms with van der Waals surface area (Å²) >= 11 is 1.64. The van der Waals surface area contributed by atoms with Gasteiger partial charge in [0.15, 0.2) is 0 Å². The molecular formula is C8H12O4S. The minimum atomic E-state index is -0.904. The predicted molar refractivity (Wildman–Crippen MR) is 48.8 cm³/mol. The Kier molecular flexibility index (Phi) is 3.59. The zero-order valence-corrected chi connectivity index (χ0v) is 7.92. The first kappa shape index (κ1) is 10.4. The summed E-state index contributed by atoms with van der Waals surface area (Å²) in [5.74, 6) is -0.938. The highest BCUT2D eigenvalue weighted by Gasteiger charge is 2.32. The molecule has 0 aliphatic carbocycles. The van der Waals surface area contributed by atoms with Crippen LogP contribution in [0.4, 0.5) is 0 Å². The lowest BCUT2D eigenvalue weighted by atomic mass is 9.88. The number of aliphatic carboxylic acids is 2. The molecule has 2 atom stereocenters. The fraction of sp³-hybridized carbons (Fsp3) is 0.750. The van der Waals surface area contributed by atoms with Gasteiger partial charge in [0.25, 0.3) is 0 Å². The number of thioether (sulfide) groups is 1. The van der Waals surface area contributed by atoms with Crippen molar-refractivity contribution in [1.29, 1.82) is 0 Å². The van der Waals surface area contributed by atoms with Crippen LogP contribution in [0.25, 0.3) is 0 Å². The molecule has 0 unspecified atom stereocenters. The van der Waals surface area contributed by atoms with Crippen molar-refractivity contribution in [1.82, 2.24) is 0 Å². The van der Waals surface area contributed by atoms with E-state index in [9.17, 15) is 9.59 Å². The molecule has 1 fully saturated rings. The number of hydrogen-bond donors (Lipinski definition) is 2. The third kappa shape index (κ3) is 2.91. The van der Waals surface area contributed by atoms with Crippen LogP contribution in [0, 0.1) is 11.8 Å². The highest BCUT2D eigenvalue weighted by Crippen LogP contribution is 2.31. The fourth-order valence-corrected chi connectivity index (χ4v) is 2.79. The van der Waals surface area contributed by atoms with Gasteiger partial charge in [0.05, 0.1) is 5.92 Å². The van der Waals surface area contributed by atoms with Crippen LogP contribution >= 0.6 is 11.8 Å². The highest BCUT2D eigenvalue weighted by molar-refractivity contribution is 7.99. The van der Waals surface area contributed by atoms with Crippen LogP contribution in [0.1, 0.15) is 12.8 Å². The number of rotatable bonds is 3. The van der Waals surface area contributed by atoms with Crippen molar-refractivity contribution >= 4 is 23.7 Å². The van der Waals surface area contributed by atoms with E-state index in [1.165, 1.54) is 0 Å². The SMILES string of the molecule is O=C(O)C[C@@H]1CSCC[C@H]1C(=O)O. The summed E-state index contributed by atoms with van der Waals surface area (Å²) in [5, 5.41) is 17.4. The van der Waals surface area contributed by atoms with E-state index in [1.54, 1.807) is 11.8 Å². The highest BCUT2D eigenvalue weighted by atomic mass is 32.2. The summed E-state index contributed by atoms with van der Waals surface area (Å²) in [6.07, 6.45) is 0.571. The summed E-state index contributed by atoms with van der Waals surface area (Å²) in [4.78, 5) is 21.2. The van der Waals surface area contributed by atoms with Crippen molar-refractivity contribution in [2.24, 2.45) is 11.8 Å². The molecule has 74 valence electrons. The Morgan fingerprint density at radius 3 is 2.62 bits per heavy atom. The Bertz CT molecular complexity index is 216. The molecule has 1 saturated heterocycles. The van der Waals surface area contributed by atoms with Crippen LogP contribution in [-0.2, 0) is 9.59 Å². The van der Waals surface area contributed by atoms with E-state index in [2.05, 4.69) is 0 Å². The number of carboxylic acid groups (broad SMARTS) is 2. The molecule has 0 aromatic rings. The van der Waals surface area contributed by atoms with Crippen molar-refractivity contribution in [3.05, 3.63) is 0 Å². The zero-order chi connectivity index (χ0) is 9.84. The lowest BCUT2D eigenvalue weighted by molar-refractivity contribution is -0.145. The Morgan fingerprint density at radius 1 is 1.38 bits per heavy atom. The monoisotopic (exact) mass is 204 g/mol. The van der Waals surface area contributed by atoms with Gasteiger partial charge in [-0.15, -0.1) is 0 Å². The Balaban J connectivity index is 2.56. The maximum Gasteiger partial charge on any atom is 0.306 e. The Hall–Kier alpha value is -0.710. The predicted octanol–water partition coefficient (Wildman–Crippen LogP) is 0.915. The van der Waals surface area contributed by atoms with E-state index in [0.29, 0.717) is 12.2 Å². The molecule has 2 N–H and O–H groups in total. The Labute approximate surface area is 80.3 Å². The summed E-state index contributed by atoms with van der Waals surface area (Å²) < 4.78 is 0. The van der Waals surface area contributed by atoms with Crippen LogP contribution in [-0.4, -0.2) is 33.7 Å². The van der Waals surface area contributed by atoms with Gasteiger partial charge in [0, 0.05) is 6.42 Å². The third-order valence-electron chi connectivity index (χ3n) is 2.23. The maximum atomic E-state index is 10.7. The van der Waals surface area contributed by atoms with E-state index < -0.39 is 17.9 Å². The summed E-state index contributed by atoms with van der Waals surface area (Å²) in [6, 6.07) is 0. The van der Waals surface area contributed by atoms with Gasteiger partial charge in [-0.2, -0.15) is 11.8 Å². The molecule has 0 bridgehead atoms. The van der Waals surface area contributed by atoms with Crippen molar-refractivity contribution < 1.29 is 19.8 Å². The van der Waals surface area contributed by atoms with E-state index in [4.69, 9.17) is 10.2 Å². The summed E-state index contributed by atoms with van der Waals surface area (Å²) in [5.41, 5.74) is 0. The first-order valence-electron chi connectivity index (χ1n) is 4.13. The van der Waals surface area contributed by atoms with Gasteiger partial charge in [0.1, 0.15) is 0 Å². The summed E-state index contributed by atoms with van der Waals surface area (Å²) in [6.45, 7) is 0. The van der Waals surface area contributed by atoms with E-state index >= 15 is 0 Å². The lowest BCUT2D eigenvalue weighted by Gasteiger charge is -2.26. The number of carboxylic acids is 2. The fourth-order valence-electron chi connectivity index (χ4n) is 1.55. The second kappa shape index (κ2) is 4.50. The molecule has 1 heterocycles. The lowest BCUT2D eigenvalue weighted by Crippen LogP contribution is -2.31. The van der Waals surface area contributed by atoms with Crippen molar-refractivity contribution in [2.75, 3.05) is 11.5 Å². The van der Waals surface area contributed by atoms with Crippen molar-refractivity contribution in [3.63, 3.8) is 0 Å². The molecule has 0 saturated carbocycles. The number of carbonyl (C=O) groups is 2. The second-order valence-corrected chi connectivity index (χ2v) is 4.32. The smallest absolute Gasteiger partial charge is 0.306 e. The van der Waals surface area contributed by atoms with E-state index in [-0.39, 0.29) is 12.3 Å². The molecule has 1 rings (SSSR count). The molecule has 0 spiro atoms. The zero-order valence-electron chi connectivity index (χ0n) is 7.10.